The lowest BCUT2D eigenvalue weighted by Gasteiger charge is -2.38. The van der Waals surface area contributed by atoms with E-state index in [2.05, 4.69) is 6.08 Å². The molecule has 122 valence electrons. The number of Topliss-reactive ketones (excluding diaryl/α,β-unsaturated/α-hetero) is 1. The smallest absolute Gasteiger partial charge is 0.212 e. The SMILES string of the molecule is COC1=C(OC)[C@@]2(O)C3=CCCC[C@@H]3C[C@@]2(CN(C)C)C1=O. The van der Waals surface area contributed by atoms with Crippen LogP contribution in [0.3, 0.4) is 0 Å². The first kappa shape index (κ1) is 15.6. The largest absolute Gasteiger partial charge is 0.494 e. The quantitative estimate of drug-likeness (QED) is 0.797. The number of carbonyl (C=O) groups is 1. The molecule has 5 heteroatoms. The van der Waals surface area contributed by atoms with Crippen molar-refractivity contribution in [1.82, 2.24) is 4.90 Å². The summed E-state index contributed by atoms with van der Waals surface area (Å²) in [5, 5.41) is 11.7. The van der Waals surface area contributed by atoms with E-state index in [-0.39, 0.29) is 23.2 Å². The molecular formula is C17H25NO4. The monoisotopic (exact) mass is 307 g/mol. The molecule has 0 spiro atoms. The number of carbonyl (C=O) groups excluding carboxylic acids is 1. The Kier molecular flexibility index (Phi) is 3.61. The number of methoxy groups -OCH3 is 2. The van der Waals surface area contributed by atoms with Gasteiger partial charge in [0.1, 0.15) is 0 Å². The summed E-state index contributed by atoms with van der Waals surface area (Å²) in [6.45, 7) is 0.482. The molecule has 0 aliphatic heterocycles. The summed E-state index contributed by atoms with van der Waals surface area (Å²) in [6, 6.07) is 0. The van der Waals surface area contributed by atoms with Crippen LogP contribution in [0.5, 0.6) is 0 Å². The molecule has 1 N–H and O–H groups in total. The van der Waals surface area contributed by atoms with Gasteiger partial charge in [-0.3, -0.25) is 4.79 Å². The molecule has 0 amide bonds. The van der Waals surface area contributed by atoms with Crippen molar-refractivity contribution in [3.05, 3.63) is 23.2 Å². The van der Waals surface area contributed by atoms with Gasteiger partial charge in [-0.1, -0.05) is 6.08 Å². The summed E-state index contributed by atoms with van der Waals surface area (Å²) in [6.07, 6.45) is 5.85. The van der Waals surface area contributed by atoms with Crippen molar-refractivity contribution < 1.29 is 19.4 Å². The van der Waals surface area contributed by atoms with Crippen LogP contribution in [0.2, 0.25) is 0 Å². The number of hydrogen-bond acceptors (Lipinski definition) is 5. The molecular weight excluding hydrogens is 282 g/mol. The van der Waals surface area contributed by atoms with Crippen molar-refractivity contribution in [1.29, 1.82) is 0 Å². The molecule has 0 saturated heterocycles. The molecule has 1 saturated carbocycles. The summed E-state index contributed by atoms with van der Waals surface area (Å²) >= 11 is 0. The molecule has 0 radical (unpaired) electrons. The predicted molar refractivity (Wildman–Crippen MR) is 82.0 cm³/mol. The van der Waals surface area contributed by atoms with Crippen LogP contribution in [-0.2, 0) is 14.3 Å². The van der Waals surface area contributed by atoms with Gasteiger partial charge in [-0.05, 0) is 51.3 Å². The average molecular weight is 307 g/mol. The van der Waals surface area contributed by atoms with Crippen molar-refractivity contribution in [3.63, 3.8) is 0 Å². The zero-order valence-electron chi connectivity index (χ0n) is 13.8. The summed E-state index contributed by atoms with van der Waals surface area (Å²) in [7, 11) is 6.82. The lowest BCUT2D eigenvalue weighted by Crippen LogP contribution is -2.52. The molecule has 3 rings (SSSR count). The molecule has 22 heavy (non-hydrogen) atoms. The fraction of sp³-hybridized carbons (Fsp3) is 0.706. The van der Waals surface area contributed by atoms with Crippen LogP contribution in [0.4, 0.5) is 0 Å². The van der Waals surface area contributed by atoms with Crippen molar-refractivity contribution in [2.24, 2.45) is 11.3 Å². The van der Waals surface area contributed by atoms with Crippen LogP contribution >= 0.6 is 0 Å². The van der Waals surface area contributed by atoms with Gasteiger partial charge in [0.25, 0.3) is 0 Å². The highest BCUT2D eigenvalue weighted by molar-refractivity contribution is 6.05. The molecule has 1 fully saturated rings. The first-order valence-corrected chi connectivity index (χ1v) is 7.87. The molecule has 3 atom stereocenters. The predicted octanol–water partition coefficient (Wildman–Crippen LogP) is 1.48. The van der Waals surface area contributed by atoms with Gasteiger partial charge in [0, 0.05) is 6.54 Å². The van der Waals surface area contributed by atoms with Crippen LogP contribution in [0.15, 0.2) is 23.2 Å². The Bertz CT molecular complexity index is 565. The number of hydrogen-bond donors (Lipinski definition) is 1. The minimum atomic E-state index is -1.36. The van der Waals surface area contributed by atoms with Crippen LogP contribution < -0.4 is 0 Å². The van der Waals surface area contributed by atoms with E-state index < -0.39 is 11.0 Å². The second-order valence-corrected chi connectivity index (χ2v) is 6.92. The molecule has 0 unspecified atom stereocenters. The van der Waals surface area contributed by atoms with Crippen molar-refractivity contribution in [2.75, 3.05) is 34.9 Å². The molecule has 0 aromatic carbocycles. The van der Waals surface area contributed by atoms with E-state index in [1.165, 1.54) is 14.2 Å². The third-order valence-electron chi connectivity index (χ3n) is 5.44. The normalized spacial score (nSPS) is 37.3. The van der Waals surface area contributed by atoms with E-state index in [0.717, 1.165) is 24.8 Å². The van der Waals surface area contributed by atoms with Crippen LogP contribution in [0.1, 0.15) is 25.7 Å². The number of ketones is 1. The molecule has 0 heterocycles. The molecule has 0 bridgehead atoms. The third-order valence-corrected chi connectivity index (χ3v) is 5.44. The zero-order chi connectivity index (χ0) is 16.1. The number of allylic oxidation sites excluding steroid dienone is 2. The molecule has 5 nitrogen and oxygen atoms in total. The lowest BCUT2D eigenvalue weighted by atomic mass is 9.73. The van der Waals surface area contributed by atoms with Gasteiger partial charge in [0.2, 0.25) is 11.5 Å². The van der Waals surface area contributed by atoms with Gasteiger partial charge in [0.15, 0.2) is 11.4 Å². The molecule has 3 aliphatic carbocycles. The maximum Gasteiger partial charge on any atom is 0.212 e. The number of nitrogens with zero attached hydrogens (tertiary/aromatic N) is 1. The fourth-order valence-electron chi connectivity index (χ4n) is 4.75. The van der Waals surface area contributed by atoms with Gasteiger partial charge >= 0.3 is 0 Å². The average Bonchev–Trinajstić information content (AvgIpc) is 2.82. The van der Waals surface area contributed by atoms with Crippen LogP contribution in [0, 0.1) is 11.3 Å². The maximum atomic E-state index is 13.1. The number of aliphatic hydroxyl groups is 1. The molecule has 0 aromatic rings. The van der Waals surface area contributed by atoms with E-state index in [9.17, 15) is 9.90 Å². The Balaban J connectivity index is 2.22. The number of rotatable bonds is 4. The van der Waals surface area contributed by atoms with E-state index in [0.29, 0.717) is 13.0 Å². The maximum absolute atomic E-state index is 13.1. The summed E-state index contributed by atoms with van der Waals surface area (Å²) < 4.78 is 10.8. The first-order chi connectivity index (χ1) is 10.4. The van der Waals surface area contributed by atoms with Gasteiger partial charge < -0.3 is 19.5 Å². The van der Waals surface area contributed by atoms with Gasteiger partial charge in [-0.2, -0.15) is 0 Å². The highest BCUT2D eigenvalue weighted by atomic mass is 16.5. The van der Waals surface area contributed by atoms with Gasteiger partial charge in [0.05, 0.1) is 19.6 Å². The van der Waals surface area contributed by atoms with Gasteiger partial charge in [-0.15, -0.1) is 0 Å². The summed E-state index contributed by atoms with van der Waals surface area (Å²) in [5.74, 6) is 0.596. The van der Waals surface area contributed by atoms with Crippen molar-refractivity contribution in [3.8, 4) is 0 Å². The van der Waals surface area contributed by atoms with Gasteiger partial charge in [-0.25, -0.2) is 0 Å². The van der Waals surface area contributed by atoms with Crippen LogP contribution in [0.25, 0.3) is 0 Å². The summed E-state index contributed by atoms with van der Waals surface area (Å²) in [5.41, 5.74) is -1.30. The Morgan fingerprint density at radius 1 is 1.36 bits per heavy atom. The highest BCUT2D eigenvalue weighted by Gasteiger charge is 2.72. The van der Waals surface area contributed by atoms with Crippen molar-refractivity contribution in [2.45, 2.75) is 31.3 Å². The van der Waals surface area contributed by atoms with E-state index in [1.54, 1.807) is 0 Å². The summed E-state index contributed by atoms with van der Waals surface area (Å²) in [4.78, 5) is 15.1. The second kappa shape index (κ2) is 5.10. The Morgan fingerprint density at radius 2 is 2.09 bits per heavy atom. The fourth-order valence-corrected chi connectivity index (χ4v) is 4.75. The van der Waals surface area contributed by atoms with E-state index >= 15 is 0 Å². The highest BCUT2D eigenvalue weighted by Crippen LogP contribution is 2.63. The second-order valence-electron chi connectivity index (χ2n) is 6.92. The number of ether oxygens (including phenoxy) is 2. The van der Waals surface area contributed by atoms with E-state index in [4.69, 9.17) is 9.47 Å². The van der Waals surface area contributed by atoms with Crippen LogP contribution in [-0.4, -0.2) is 56.3 Å². The number of fused-ring (bicyclic) bond motifs is 3. The van der Waals surface area contributed by atoms with E-state index in [1.807, 2.05) is 19.0 Å². The topological polar surface area (TPSA) is 59.0 Å². The Labute approximate surface area is 131 Å². The lowest BCUT2D eigenvalue weighted by molar-refractivity contribution is -0.135. The molecule has 0 aromatic heterocycles. The minimum Gasteiger partial charge on any atom is -0.494 e. The molecule has 3 aliphatic rings. The zero-order valence-corrected chi connectivity index (χ0v) is 13.8. The minimum absolute atomic E-state index is 0.127. The standard InChI is InChI=1S/C17H25NO4/c1-18(2)10-16-9-11-7-5-6-8-12(11)17(16,20)15(22-4)13(21-3)14(16)19/h8,11,20H,5-7,9-10H2,1-4H3/t11-,16-,17+/m1/s1. The first-order valence-electron chi connectivity index (χ1n) is 7.87. The Hall–Kier alpha value is -1.33. The Morgan fingerprint density at radius 3 is 2.68 bits per heavy atom. The van der Waals surface area contributed by atoms with Crippen molar-refractivity contribution >= 4 is 5.78 Å². The third kappa shape index (κ3) is 1.69.